The molecular weight excluding hydrogens is 1020 g/mol. The normalized spacial score (nSPS) is 11.8. The van der Waals surface area contributed by atoms with Crippen molar-refractivity contribution in [2.45, 2.75) is 502 Å². The molecule has 0 aromatic carbocycles. The number of allylic oxidation sites excluding steroid dienone is 2. The lowest BCUT2D eigenvalue weighted by molar-refractivity contribution is -0.143. The van der Waals surface area contributed by atoms with E-state index < -0.39 is 0 Å². The highest BCUT2D eigenvalue weighted by molar-refractivity contribution is 5.69. The maximum Gasteiger partial charge on any atom is 0.305 e. The summed E-state index contributed by atoms with van der Waals surface area (Å²) in [5.74, 6) is 0.0240. The van der Waals surface area contributed by atoms with Gasteiger partial charge in [-0.2, -0.15) is 0 Å². The first-order chi connectivity index (χ1) is 41.8. The molecular formula is C82H162O2. The second-order valence-corrected chi connectivity index (χ2v) is 28.1. The van der Waals surface area contributed by atoms with Crippen LogP contribution in [-0.4, -0.2) is 12.6 Å². The number of rotatable bonds is 78. The molecule has 0 unspecified atom stereocenters. The molecule has 0 bridgehead atoms. The van der Waals surface area contributed by atoms with Crippen molar-refractivity contribution in [3.8, 4) is 0 Å². The number of carbonyl (C=O) groups excluding carboxylic acids is 1. The van der Waals surface area contributed by atoms with E-state index in [9.17, 15) is 4.79 Å². The van der Waals surface area contributed by atoms with E-state index in [0.717, 1.165) is 19.3 Å². The van der Waals surface area contributed by atoms with Crippen LogP contribution >= 0.6 is 0 Å². The third kappa shape index (κ3) is 79.2. The Morgan fingerprint density at radius 1 is 0.190 bits per heavy atom. The van der Waals surface area contributed by atoms with Gasteiger partial charge in [0.2, 0.25) is 0 Å². The van der Waals surface area contributed by atoms with Gasteiger partial charge in [-0.3, -0.25) is 4.79 Å². The number of hydrogen-bond donors (Lipinski definition) is 0. The molecule has 84 heavy (non-hydrogen) atoms. The molecule has 0 radical (unpaired) electrons. The van der Waals surface area contributed by atoms with Crippen LogP contribution in [0.25, 0.3) is 0 Å². The molecule has 0 aliphatic heterocycles. The summed E-state index contributed by atoms with van der Waals surface area (Å²) in [6.45, 7) is 5.23. The first kappa shape index (κ1) is 83.2. The summed E-state index contributed by atoms with van der Waals surface area (Å²) in [6, 6.07) is 0. The van der Waals surface area contributed by atoms with E-state index in [0.29, 0.717) is 13.0 Å². The van der Waals surface area contributed by atoms with Gasteiger partial charge >= 0.3 is 5.97 Å². The minimum Gasteiger partial charge on any atom is -0.466 e. The van der Waals surface area contributed by atoms with E-state index in [1.165, 1.54) is 462 Å². The zero-order chi connectivity index (χ0) is 60.1. The van der Waals surface area contributed by atoms with Crippen molar-refractivity contribution < 1.29 is 9.53 Å². The summed E-state index contributed by atoms with van der Waals surface area (Å²) in [5, 5.41) is 0. The highest BCUT2D eigenvalue weighted by Crippen LogP contribution is 2.21. The van der Waals surface area contributed by atoms with Crippen LogP contribution in [0.5, 0.6) is 0 Å². The van der Waals surface area contributed by atoms with Crippen LogP contribution in [0.1, 0.15) is 502 Å². The SMILES string of the molecule is CCCCCCCC/C=C\CCCCCCCC(=O)OCCCCCCCCCCCCCCCCCCCCCCCCCCCCCCCCCCCCCCCCCCCCCCCCCCCCCCCCCCCCCCCC. The van der Waals surface area contributed by atoms with Gasteiger partial charge in [0.25, 0.3) is 0 Å². The highest BCUT2D eigenvalue weighted by atomic mass is 16.5. The van der Waals surface area contributed by atoms with Crippen LogP contribution in [0.15, 0.2) is 12.2 Å². The van der Waals surface area contributed by atoms with Crippen molar-refractivity contribution in [2.75, 3.05) is 6.61 Å². The Labute approximate surface area is 533 Å². The lowest BCUT2D eigenvalue weighted by Gasteiger charge is -2.06. The van der Waals surface area contributed by atoms with E-state index in [1.807, 2.05) is 0 Å². The molecule has 502 valence electrons. The van der Waals surface area contributed by atoms with Gasteiger partial charge in [0.1, 0.15) is 0 Å². The summed E-state index contributed by atoms with van der Waals surface area (Å²) in [6.07, 6.45) is 113. The monoisotopic (exact) mass is 1180 g/mol. The number of hydrogen-bond acceptors (Lipinski definition) is 2. The van der Waals surface area contributed by atoms with E-state index >= 15 is 0 Å². The molecule has 0 heterocycles. The first-order valence-corrected chi connectivity index (χ1v) is 40.6. The Bertz CT molecular complexity index is 1160. The topological polar surface area (TPSA) is 26.3 Å². The van der Waals surface area contributed by atoms with Crippen LogP contribution in [0.4, 0.5) is 0 Å². The number of esters is 1. The fourth-order valence-electron chi connectivity index (χ4n) is 13.4. The Morgan fingerprint density at radius 2 is 0.333 bits per heavy atom. The predicted molar refractivity (Wildman–Crippen MR) is 382 cm³/mol. The van der Waals surface area contributed by atoms with Crippen molar-refractivity contribution in [3.05, 3.63) is 12.2 Å². The van der Waals surface area contributed by atoms with Crippen molar-refractivity contribution in [1.29, 1.82) is 0 Å². The van der Waals surface area contributed by atoms with Crippen molar-refractivity contribution >= 4 is 5.97 Å². The van der Waals surface area contributed by atoms with Gasteiger partial charge in [0.15, 0.2) is 0 Å². The Kier molecular flexibility index (Phi) is 79.5. The lowest BCUT2D eigenvalue weighted by atomic mass is 10.0. The largest absolute Gasteiger partial charge is 0.466 e. The van der Waals surface area contributed by atoms with Crippen LogP contribution in [0.2, 0.25) is 0 Å². The van der Waals surface area contributed by atoms with Crippen molar-refractivity contribution in [3.63, 3.8) is 0 Å². The zero-order valence-corrected chi connectivity index (χ0v) is 58.9. The first-order valence-electron chi connectivity index (χ1n) is 40.6. The standard InChI is InChI=1S/C82H162O2/c1-3-5-7-9-11-13-15-17-19-20-21-22-23-24-25-26-27-28-29-30-31-32-33-34-35-36-37-38-39-40-41-42-43-44-45-46-47-48-49-50-51-52-53-54-55-56-57-58-59-60-61-62-63-64-65-67-69-71-73-75-77-79-81-84-82(83)80-78-76-74-72-70-68-66-18-16-14-12-10-8-6-4-2/h18,66H,3-17,19-65,67-81H2,1-2H3/b66-18-. The maximum atomic E-state index is 12.1. The summed E-state index contributed by atoms with van der Waals surface area (Å²) in [7, 11) is 0. The van der Waals surface area contributed by atoms with E-state index in [1.54, 1.807) is 0 Å². The van der Waals surface area contributed by atoms with Gasteiger partial charge in [-0.1, -0.05) is 469 Å². The molecule has 2 heteroatoms. The quantitative estimate of drug-likeness (QED) is 0.0345. The van der Waals surface area contributed by atoms with Crippen LogP contribution in [0, 0.1) is 0 Å². The fourth-order valence-corrected chi connectivity index (χ4v) is 13.4. The van der Waals surface area contributed by atoms with Crippen LogP contribution < -0.4 is 0 Å². The molecule has 0 aliphatic carbocycles. The van der Waals surface area contributed by atoms with E-state index in [2.05, 4.69) is 26.0 Å². The molecule has 0 aliphatic rings. The molecule has 2 nitrogen and oxygen atoms in total. The van der Waals surface area contributed by atoms with Crippen molar-refractivity contribution in [2.24, 2.45) is 0 Å². The molecule has 0 saturated heterocycles. The lowest BCUT2D eigenvalue weighted by Crippen LogP contribution is -2.05. The molecule has 0 amide bonds. The van der Waals surface area contributed by atoms with Gasteiger partial charge in [-0.25, -0.2) is 0 Å². The van der Waals surface area contributed by atoms with Gasteiger partial charge in [0, 0.05) is 6.42 Å². The average molecular weight is 1180 g/mol. The summed E-state index contributed by atoms with van der Waals surface area (Å²) in [4.78, 5) is 12.1. The molecule has 0 aromatic rings. The van der Waals surface area contributed by atoms with Crippen LogP contribution in [0.3, 0.4) is 0 Å². The molecule has 0 aromatic heterocycles. The predicted octanol–water partition coefficient (Wildman–Crippen LogP) is 30.8. The van der Waals surface area contributed by atoms with E-state index in [4.69, 9.17) is 4.74 Å². The van der Waals surface area contributed by atoms with E-state index in [-0.39, 0.29) is 5.97 Å². The number of unbranched alkanes of at least 4 members (excludes halogenated alkanes) is 72. The Hall–Kier alpha value is -0.790. The molecule has 0 fully saturated rings. The number of carbonyl (C=O) groups is 1. The molecule has 0 spiro atoms. The average Bonchev–Trinajstić information content (AvgIpc) is 3.50. The molecule has 0 N–H and O–H groups in total. The Morgan fingerprint density at radius 3 is 0.512 bits per heavy atom. The second kappa shape index (κ2) is 80.2. The molecule has 0 rings (SSSR count). The Balaban J connectivity index is 3.12. The second-order valence-electron chi connectivity index (χ2n) is 28.1. The fraction of sp³-hybridized carbons (Fsp3) is 0.963. The van der Waals surface area contributed by atoms with Gasteiger partial charge in [0.05, 0.1) is 6.61 Å². The summed E-state index contributed by atoms with van der Waals surface area (Å²) < 4.78 is 5.51. The third-order valence-electron chi connectivity index (χ3n) is 19.4. The van der Waals surface area contributed by atoms with Gasteiger partial charge in [-0.15, -0.1) is 0 Å². The minimum absolute atomic E-state index is 0.0240. The highest BCUT2D eigenvalue weighted by Gasteiger charge is 2.04. The zero-order valence-electron chi connectivity index (χ0n) is 58.9. The summed E-state index contributed by atoms with van der Waals surface area (Å²) >= 11 is 0. The number of ether oxygens (including phenoxy) is 1. The molecule has 0 saturated carbocycles. The summed E-state index contributed by atoms with van der Waals surface area (Å²) in [5.41, 5.74) is 0. The van der Waals surface area contributed by atoms with Gasteiger partial charge in [-0.05, 0) is 38.5 Å². The maximum absolute atomic E-state index is 12.1. The van der Waals surface area contributed by atoms with Crippen LogP contribution in [-0.2, 0) is 9.53 Å². The minimum atomic E-state index is 0.0240. The molecule has 0 atom stereocenters. The third-order valence-corrected chi connectivity index (χ3v) is 19.4. The van der Waals surface area contributed by atoms with Gasteiger partial charge < -0.3 is 4.74 Å². The van der Waals surface area contributed by atoms with Crippen molar-refractivity contribution in [1.82, 2.24) is 0 Å². The smallest absolute Gasteiger partial charge is 0.305 e.